The van der Waals surface area contributed by atoms with Gasteiger partial charge in [-0.1, -0.05) is 18.2 Å². The third kappa shape index (κ3) is 2.56. The lowest BCUT2D eigenvalue weighted by molar-refractivity contribution is -0.133. The van der Waals surface area contributed by atoms with Gasteiger partial charge >= 0.3 is 0 Å². The van der Waals surface area contributed by atoms with Gasteiger partial charge < -0.3 is 16.0 Å². The summed E-state index contributed by atoms with van der Waals surface area (Å²) in [6.07, 6.45) is 5.13. The molecule has 1 saturated carbocycles. The van der Waals surface area contributed by atoms with E-state index in [9.17, 15) is 4.79 Å². The molecule has 1 amide bonds. The van der Waals surface area contributed by atoms with E-state index in [0.717, 1.165) is 47.8 Å². The lowest BCUT2D eigenvalue weighted by Gasteiger charge is -2.36. The summed E-state index contributed by atoms with van der Waals surface area (Å²) >= 11 is 0. The Hall–Kier alpha value is -2.47. The Bertz CT molecular complexity index is 849. The fraction of sp³-hybridized carbons (Fsp3) is 0.450. The van der Waals surface area contributed by atoms with Gasteiger partial charge in [0.1, 0.15) is 11.6 Å². The zero-order valence-electron chi connectivity index (χ0n) is 14.7. The van der Waals surface area contributed by atoms with Gasteiger partial charge in [0.25, 0.3) is 0 Å². The van der Waals surface area contributed by atoms with Crippen LogP contribution in [0.25, 0.3) is 0 Å². The van der Waals surface area contributed by atoms with Crippen LogP contribution in [0.4, 0.5) is 11.5 Å². The number of carbonyl (C=O) groups is 1. The molecule has 26 heavy (non-hydrogen) atoms. The third-order valence-corrected chi connectivity index (χ3v) is 5.75. The average molecular weight is 349 g/mol. The molecule has 2 fully saturated rings. The Balaban J connectivity index is 1.60. The van der Waals surface area contributed by atoms with Crippen LogP contribution in [0.1, 0.15) is 54.7 Å². The van der Waals surface area contributed by atoms with Gasteiger partial charge in [-0.2, -0.15) is 0 Å². The number of fused-ring (bicyclic) bond motifs is 4. The van der Waals surface area contributed by atoms with Gasteiger partial charge in [0, 0.05) is 29.6 Å². The van der Waals surface area contributed by atoms with Crippen molar-refractivity contribution in [1.82, 2.24) is 14.9 Å². The van der Waals surface area contributed by atoms with E-state index in [1.807, 2.05) is 35.2 Å². The molecule has 1 aromatic carbocycles. The van der Waals surface area contributed by atoms with Crippen molar-refractivity contribution in [3.05, 3.63) is 47.4 Å². The van der Waals surface area contributed by atoms with Crippen molar-refractivity contribution in [2.45, 2.75) is 50.1 Å². The summed E-state index contributed by atoms with van der Waals surface area (Å²) in [4.78, 5) is 24.2. The molecule has 3 aliphatic rings. The molecular weight excluding hydrogens is 326 g/mol. The molecule has 2 bridgehead atoms. The Morgan fingerprint density at radius 1 is 1.15 bits per heavy atom. The van der Waals surface area contributed by atoms with Crippen molar-refractivity contribution < 1.29 is 4.79 Å². The smallest absolute Gasteiger partial charge is 0.237 e. The van der Waals surface area contributed by atoms with E-state index in [1.165, 1.54) is 12.8 Å². The molecule has 6 nitrogen and oxygen atoms in total. The number of benzene rings is 1. The summed E-state index contributed by atoms with van der Waals surface area (Å²) in [6, 6.07) is 10.4. The first-order chi connectivity index (χ1) is 12.7. The SMILES string of the molecule is NCC(=O)N1[C@H]2CC[C@H]1c1c(nc(C3CC3)nc1Nc1ccccc1)C2. The molecule has 6 heteroatoms. The van der Waals surface area contributed by atoms with Crippen molar-refractivity contribution in [3.63, 3.8) is 0 Å². The summed E-state index contributed by atoms with van der Waals surface area (Å²) < 4.78 is 0. The lowest BCUT2D eigenvalue weighted by atomic mass is 9.97. The Labute approximate surface area is 152 Å². The fourth-order valence-electron chi connectivity index (χ4n) is 4.39. The molecular formula is C20H23N5O. The molecule has 2 atom stereocenters. The van der Waals surface area contributed by atoms with Crippen LogP contribution in [-0.2, 0) is 11.2 Å². The van der Waals surface area contributed by atoms with Crippen LogP contribution in [0.15, 0.2) is 30.3 Å². The number of nitrogens with zero attached hydrogens (tertiary/aromatic N) is 3. The maximum atomic E-state index is 12.4. The van der Waals surface area contributed by atoms with E-state index in [-0.39, 0.29) is 24.5 Å². The summed E-state index contributed by atoms with van der Waals surface area (Å²) in [5, 5.41) is 3.50. The van der Waals surface area contributed by atoms with Crippen molar-refractivity contribution in [2.75, 3.05) is 11.9 Å². The first kappa shape index (κ1) is 15.8. The predicted octanol–water partition coefficient (Wildman–Crippen LogP) is 2.64. The standard InChI is InChI=1S/C20H23N5O/c21-11-17(26)25-14-8-9-16(25)18-15(10-14)23-19(12-6-7-12)24-20(18)22-13-4-2-1-3-5-13/h1-5,12,14,16H,6-11,21H2,(H,22,23,24)/t14-,16-/m0/s1. The molecule has 134 valence electrons. The Morgan fingerprint density at radius 3 is 2.69 bits per heavy atom. The van der Waals surface area contributed by atoms with Gasteiger partial charge in [-0.25, -0.2) is 9.97 Å². The van der Waals surface area contributed by atoms with Gasteiger partial charge in [0.05, 0.1) is 18.3 Å². The molecule has 2 aromatic rings. The first-order valence-corrected chi connectivity index (χ1v) is 9.48. The molecule has 5 rings (SSSR count). The number of nitrogens with one attached hydrogen (secondary N) is 1. The van der Waals surface area contributed by atoms with E-state index in [4.69, 9.17) is 15.7 Å². The highest BCUT2D eigenvalue weighted by Crippen LogP contribution is 2.47. The number of amides is 1. The minimum atomic E-state index is 0.0279. The van der Waals surface area contributed by atoms with Gasteiger partial charge in [-0.3, -0.25) is 4.79 Å². The summed E-state index contributed by atoms with van der Waals surface area (Å²) in [7, 11) is 0. The quantitative estimate of drug-likeness (QED) is 0.886. The maximum absolute atomic E-state index is 12.4. The molecule has 0 radical (unpaired) electrons. The molecule has 1 saturated heterocycles. The second-order valence-corrected chi connectivity index (χ2v) is 7.51. The highest BCUT2D eigenvalue weighted by Gasteiger charge is 2.45. The molecule has 0 spiro atoms. The minimum absolute atomic E-state index is 0.0279. The van der Waals surface area contributed by atoms with E-state index in [1.54, 1.807) is 0 Å². The molecule has 3 N–H and O–H groups in total. The minimum Gasteiger partial charge on any atom is -0.340 e. The predicted molar refractivity (Wildman–Crippen MR) is 99.1 cm³/mol. The van der Waals surface area contributed by atoms with E-state index in [2.05, 4.69) is 5.32 Å². The number of rotatable bonds is 4. The van der Waals surface area contributed by atoms with Crippen molar-refractivity contribution in [1.29, 1.82) is 0 Å². The van der Waals surface area contributed by atoms with Crippen LogP contribution in [0.5, 0.6) is 0 Å². The summed E-state index contributed by atoms with van der Waals surface area (Å²) in [5.74, 6) is 2.35. The van der Waals surface area contributed by atoms with Crippen LogP contribution < -0.4 is 11.1 Å². The number of nitrogens with two attached hydrogens (primary N) is 1. The highest BCUT2D eigenvalue weighted by atomic mass is 16.2. The van der Waals surface area contributed by atoms with Crippen LogP contribution in [0.2, 0.25) is 0 Å². The van der Waals surface area contributed by atoms with Crippen LogP contribution >= 0.6 is 0 Å². The van der Waals surface area contributed by atoms with E-state index >= 15 is 0 Å². The van der Waals surface area contributed by atoms with Crippen LogP contribution in [0.3, 0.4) is 0 Å². The summed E-state index contributed by atoms with van der Waals surface area (Å²) in [5.41, 5.74) is 8.89. The molecule has 1 aliphatic carbocycles. The topological polar surface area (TPSA) is 84.1 Å². The first-order valence-electron chi connectivity index (χ1n) is 9.48. The van der Waals surface area contributed by atoms with Crippen LogP contribution in [0, 0.1) is 0 Å². The van der Waals surface area contributed by atoms with Gasteiger partial charge in [-0.05, 0) is 37.8 Å². The highest BCUT2D eigenvalue weighted by molar-refractivity contribution is 5.80. The lowest BCUT2D eigenvalue weighted by Crippen LogP contribution is -2.45. The number of hydrogen-bond acceptors (Lipinski definition) is 5. The average Bonchev–Trinajstić information content (AvgIpc) is 3.46. The molecule has 0 unspecified atom stereocenters. The Morgan fingerprint density at radius 2 is 1.96 bits per heavy atom. The fourth-order valence-corrected chi connectivity index (χ4v) is 4.39. The van der Waals surface area contributed by atoms with Crippen molar-refractivity contribution in [3.8, 4) is 0 Å². The van der Waals surface area contributed by atoms with Gasteiger partial charge in [0.15, 0.2) is 0 Å². The largest absolute Gasteiger partial charge is 0.340 e. The zero-order valence-corrected chi connectivity index (χ0v) is 14.7. The van der Waals surface area contributed by atoms with Crippen molar-refractivity contribution >= 4 is 17.4 Å². The second-order valence-electron chi connectivity index (χ2n) is 7.51. The number of aromatic nitrogens is 2. The zero-order chi connectivity index (χ0) is 17.7. The van der Waals surface area contributed by atoms with E-state index in [0.29, 0.717) is 5.92 Å². The van der Waals surface area contributed by atoms with Crippen molar-refractivity contribution in [2.24, 2.45) is 5.73 Å². The second kappa shape index (κ2) is 6.06. The van der Waals surface area contributed by atoms with E-state index < -0.39 is 0 Å². The van der Waals surface area contributed by atoms with Gasteiger partial charge in [0.2, 0.25) is 5.91 Å². The number of hydrogen-bond donors (Lipinski definition) is 2. The molecule has 2 aliphatic heterocycles. The molecule has 1 aromatic heterocycles. The number of anilines is 2. The maximum Gasteiger partial charge on any atom is 0.237 e. The Kier molecular flexibility index (Phi) is 3.67. The summed E-state index contributed by atoms with van der Waals surface area (Å²) in [6.45, 7) is 0.0603. The number of carbonyl (C=O) groups excluding carboxylic acids is 1. The van der Waals surface area contributed by atoms with Crippen LogP contribution in [-0.4, -0.2) is 33.4 Å². The normalized spacial score (nSPS) is 23.7. The molecule has 3 heterocycles. The number of para-hydroxylation sites is 1. The monoisotopic (exact) mass is 349 g/mol. The van der Waals surface area contributed by atoms with Gasteiger partial charge in [-0.15, -0.1) is 0 Å². The third-order valence-electron chi connectivity index (χ3n) is 5.75.